The van der Waals surface area contributed by atoms with E-state index in [1.165, 1.54) is 0 Å². The van der Waals surface area contributed by atoms with Crippen molar-refractivity contribution < 1.29 is 9.59 Å². The van der Waals surface area contributed by atoms with Crippen LogP contribution in [-0.4, -0.2) is 16.8 Å². The number of halogens is 2. The second kappa shape index (κ2) is 6.32. The summed E-state index contributed by atoms with van der Waals surface area (Å²) in [5, 5.41) is 1.64. The Kier molecular flexibility index (Phi) is 4.39. The van der Waals surface area contributed by atoms with Crippen LogP contribution < -0.4 is 5.84 Å². The molecule has 0 saturated carbocycles. The van der Waals surface area contributed by atoms with Crippen LogP contribution in [0.2, 0.25) is 10.0 Å². The van der Waals surface area contributed by atoms with Gasteiger partial charge >= 0.3 is 0 Å². The molecular formula is C17H14Cl2N2O2. The molecule has 2 unspecified atom stereocenters. The summed E-state index contributed by atoms with van der Waals surface area (Å²) in [6.45, 7) is 0. The first-order valence-electron chi connectivity index (χ1n) is 7.12. The largest absolute Gasteiger partial charge is 0.272 e. The Labute approximate surface area is 143 Å². The van der Waals surface area contributed by atoms with Gasteiger partial charge in [0.25, 0.3) is 11.8 Å². The number of rotatable bonds is 2. The highest BCUT2D eigenvalue weighted by Gasteiger charge is 2.42. The Balaban J connectivity index is 2.03. The zero-order valence-electron chi connectivity index (χ0n) is 12.1. The lowest BCUT2D eigenvalue weighted by Gasteiger charge is -2.33. The lowest BCUT2D eigenvalue weighted by atomic mass is 9.80. The van der Waals surface area contributed by atoms with Crippen LogP contribution in [-0.2, 0) is 9.59 Å². The van der Waals surface area contributed by atoms with Crippen LogP contribution in [0.1, 0.15) is 29.4 Å². The van der Waals surface area contributed by atoms with E-state index in [-0.39, 0.29) is 0 Å². The zero-order chi connectivity index (χ0) is 16.6. The Morgan fingerprint density at radius 3 is 1.61 bits per heavy atom. The summed E-state index contributed by atoms with van der Waals surface area (Å²) in [7, 11) is 0. The highest BCUT2D eigenvalue weighted by molar-refractivity contribution is 6.32. The first-order valence-corrected chi connectivity index (χ1v) is 7.87. The van der Waals surface area contributed by atoms with E-state index in [2.05, 4.69) is 0 Å². The van der Waals surface area contributed by atoms with Gasteiger partial charge in [-0.05, 0) is 29.7 Å². The standard InChI is InChI=1S/C17H14Cl2N2O2/c18-14-7-3-1-5-10(14)12-9-13(17(23)21(20)16(12)22)11-6-2-4-8-15(11)19/h1-8,12-13H,9,20H2. The first kappa shape index (κ1) is 16.0. The minimum atomic E-state index is -0.576. The number of piperidine rings is 1. The summed E-state index contributed by atoms with van der Waals surface area (Å²) in [5.74, 6) is 3.67. The van der Waals surface area contributed by atoms with Crippen molar-refractivity contribution in [3.8, 4) is 0 Å². The van der Waals surface area contributed by atoms with E-state index < -0.39 is 23.7 Å². The molecule has 0 bridgehead atoms. The molecule has 6 heteroatoms. The number of hydrazine groups is 1. The second-order valence-corrected chi connectivity index (χ2v) is 6.24. The van der Waals surface area contributed by atoms with Crippen LogP contribution in [0.5, 0.6) is 0 Å². The Hall–Kier alpha value is -1.88. The van der Waals surface area contributed by atoms with Gasteiger partial charge in [-0.25, -0.2) is 10.9 Å². The molecule has 0 aromatic heterocycles. The average Bonchev–Trinajstić information content (AvgIpc) is 2.55. The lowest BCUT2D eigenvalue weighted by molar-refractivity contribution is -0.151. The Morgan fingerprint density at radius 2 is 1.22 bits per heavy atom. The van der Waals surface area contributed by atoms with Gasteiger partial charge in [-0.2, -0.15) is 0 Å². The summed E-state index contributed by atoms with van der Waals surface area (Å²) in [5.41, 5.74) is 1.33. The molecule has 0 radical (unpaired) electrons. The summed E-state index contributed by atoms with van der Waals surface area (Å²) < 4.78 is 0. The topological polar surface area (TPSA) is 63.4 Å². The minimum absolute atomic E-state index is 0.291. The van der Waals surface area contributed by atoms with Gasteiger partial charge in [0.2, 0.25) is 0 Å². The van der Waals surface area contributed by atoms with Gasteiger partial charge in [-0.15, -0.1) is 0 Å². The molecule has 1 fully saturated rings. The van der Waals surface area contributed by atoms with Gasteiger partial charge in [0.05, 0.1) is 11.8 Å². The fourth-order valence-corrected chi connectivity index (χ4v) is 3.45. The number of amides is 2. The van der Waals surface area contributed by atoms with Crippen LogP contribution in [0.4, 0.5) is 0 Å². The normalized spacial score (nSPS) is 21.6. The van der Waals surface area contributed by atoms with Gasteiger partial charge in [-0.3, -0.25) is 9.59 Å². The molecule has 2 aromatic rings. The third-order valence-corrected chi connectivity index (χ3v) is 4.79. The number of nitrogens with zero attached hydrogens (tertiary/aromatic N) is 1. The van der Waals surface area contributed by atoms with Crippen molar-refractivity contribution in [2.24, 2.45) is 5.84 Å². The van der Waals surface area contributed by atoms with Crippen molar-refractivity contribution in [1.29, 1.82) is 0 Å². The van der Waals surface area contributed by atoms with Gasteiger partial charge in [-0.1, -0.05) is 59.6 Å². The van der Waals surface area contributed by atoms with Crippen LogP contribution in [0, 0.1) is 0 Å². The summed E-state index contributed by atoms with van der Waals surface area (Å²) >= 11 is 12.4. The van der Waals surface area contributed by atoms with Crippen molar-refractivity contribution in [2.75, 3.05) is 0 Å². The number of carbonyl (C=O) groups excluding carboxylic acids is 2. The smallest absolute Gasteiger partial charge is 0.251 e. The summed E-state index contributed by atoms with van der Waals surface area (Å²) in [4.78, 5) is 24.9. The van der Waals surface area contributed by atoms with E-state index in [1.807, 2.05) is 0 Å². The zero-order valence-corrected chi connectivity index (χ0v) is 13.6. The first-order chi connectivity index (χ1) is 11.0. The molecule has 23 heavy (non-hydrogen) atoms. The summed E-state index contributed by atoms with van der Waals surface area (Å²) in [6.07, 6.45) is 0.291. The number of carbonyl (C=O) groups is 2. The number of benzene rings is 2. The molecule has 118 valence electrons. The summed E-state index contributed by atoms with van der Waals surface area (Å²) in [6, 6.07) is 14.2. The highest BCUT2D eigenvalue weighted by atomic mass is 35.5. The predicted molar refractivity (Wildman–Crippen MR) is 89.0 cm³/mol. The molecule has 1 aliphatic rings. The predicted octanol–water partition coefficient (Wildman–Crippen LogP) is 3.49. The maximum absolute atomic E-state index is 12.4. The van der Waals surface area contributed by atoms with Gasteiger partial charge < -0.3 is 0 Å². The van der Waals surface area contributed by atoms with E-state index in [1.54, 1.807) is 48.5 Å². The fraction of sp³-hybridized carbons (Fsp3) is 0.176. The molecule has 0 spiro atoms. The van der Waals surface area contributed by atoms with Gasteiger partial charge in [0, 0.05) is 10.0 Å². The monoisotopic (exact) mass is 348 g/mol. The van der Waals surface area contributed by atoms with Crippen molar-refractivity contribution in [1.82, 2.24) is 5.01 Å². The van der Waals surface area contributed by atoms with E-state index >= 15 is 0 Å². The van der Waals surface area contributed by atoms with Gasteiger partial charge in [0.15, 0.2) is 0 Å². The quantitative estimate of drug-likeness (QED) is 0.513. The van der Waals surface area contributed by atoms with Gasteiger partial charge in [0.1, 0.15) is 0 Å². The van der Waals surface area contributed by atoms with E-state index in [0.29, 0.717) is 32.6 Å². The number of imide groups is 1. The molecule has 2 N–H and O–H groups in total. The molecule has 4 nitrogen and oxygen atoms in total. The van der Waals surface area contributed by atoms with E-state index in [4.69, 9.17) is 29.0 Å². The Morgan fingerprint density at radius 1 is 0.826 bits per heavy atom. The highest BCUT2D eigenvalue weighted by Crippen LogP contribution is 2.40. The van der Waals surface area contributed by atoms with E-state index in [0.717, 1.165) is 0 Å². The number of hydrogen-bond donors (Lipinski definition) is 1. The molecule has 1 aliphatic heterocycles. The average molecular weight is 349 g/mol. The molecule has 2 aromatic carbocycles. The van der Waals surface area contributed by atoms with Crippen LogP contribution in [0.25, 0.3) is 0 Å². The Bertz CT molecular complexity index is 715. The van der Waals surface area contributed by atoms with Crippen LogP contribution in [0.3, 0.4) is 0 Å². The molecule has 1 heterocycles. The minimum Gasteiger partial charge on any atom is -0.272 e. The number of nitrogens with two attached hydrogens (primary N) is 1. The maximum Gasteiger partial charge on any atom is 0.251 e. The molecule has 2 atom stereocenters. The SMILES string of the molecule is NN1C(=O)C(c2ccccc2Cl)CC(c2ccccc2Cl)C1=O. The van der Waals surface area contributed by atoms with Crippen LogP contribution >= 0.6 is 23.2 Å². The molecule has 0 aliphatic carbocycles. The molecule has 2 amide bonds. The second-order valence-electron chi connectivity index (χ2n) is 5.43. The van der Waals surface area contributed by atoms with Crippen LogP contribution in [0.15, 0.2) is 48.5 Å². The molecular weight excluding hydrogens is 335 g/mol. The lowest BCUT2D eigenvalue weighted by Crippen LogP contribution is -2.51. The maximum atomic E-state index is 12.4. The number of hydrogen-bond acceptors (Lipinski definition) is 3. The third-order valence-electron chi connectivity index (χ3n) is 4.10. The van der Waals surface area contributed by atoms with Crippen molar-refractivity contribution >= 4 is 35.0 Å². The molecule has 1 saturated heterocycles. The van der Waals surface area contributed by atoms with Crippen molar-refractivity contribution in [3.63, 3.8) is 0 Å². The van der Waals surface area contributed by atoms with E-state index in [9.17, 15) is 9.59 Å². The fourth-order valence-electron chi connectivity index (χ4n) is 2.92. The van der Waals surface area contributed by atoms with Crippen molar-refractivity contribution in [2.45, 2.75) is 18.3 Å². The third kappa shape index (κ3) is 2.85. The molecule has 3 rings (SSSR count). The van der Waals surface area contributed by atoms with Crippen molar-refractivity contribution in [3.05, 3.63) is 69.7 Å².